The van der Waals surface area contributed by atoms with Crippen LogP contribution in [0.2, 0.25) is 0 Å². The predicted octanol–water partition coefficient (Wildman–Crippen LogP) is 1.23. The molecule has 9 heavy (non-hydrogen) atoms. The molecule has 0 spiro atoms. The number of ether oxygens (including phenoxy) is 2. The van der Waals surface area contributed by atoms with Crippen LogP contribution in [0.5, 0.6) is 0 Å². The second-order valence-electron chi connectivity index (χ2n) is 2.05. The van der Waals surface area contributed by atoms with E-state index in [2.05, 4.69) is 0 Å². The molecular formula is C6H13ClO2. The lowest BCUT2D eigenvalue weighted by Gasteiger charge is -2.19. The Balaban J connectivity index is 0.000000640. The molecule has 0 saturated carbocycles. The lowest BCUT2D eigenvalue weighted by molar-refractivity contribution is -0.00998. The highest BCUT2D eigenvalue weighted by molar-refractivity contribution is 5.85. The maximum atomic E-state index is 5.12. The summed E-state index contributed by atoms with van der Waals surface area (Å²) in [6, 6.07) is 0. The minimum absolute atomic E-state index is 0. The van der Waals surface area contributed by atoms with E-state index in [9.17, 15) is 0 Å². The van der Waals surface area contributed by atoms with Gasteiger partial charge in [0.15, 0.2) is 0 Å². The summed E-state index contributed by atoms with van der Waals surface area (Å²) in [5, 5.41) is 0. The van der Waals surface area contributed by atoms with Crippen molar-refractivity contribution in [1.82, 2.24) is 0 Å². The van der Waals surface area contributed by atoms with Crippen LogP contribution in [-0.4, -0.2) is 26.4 Å². The summed E-state index contributed by atoms with van der Waals surface area (Å²) in [5.74, 6) is 0. The van der Waals surface area contributed by atoms with Crippen LogP contribution < -0.4 is 0 Å². The number of halogens is 1. The third-order valence-corrected chi connectivity index (χ3v) is 1.50. The van der Waals surface area contributed by atoms with Crippen molar-refractivity contribution in [2.45, 2.75) is 18.9 Å². The molecule has 1 saturated heterocycles. The van der Waals surface area contributed by atoms with Gasteiger partial charge in [-0.2, -0.15) is 0 Å². The van der Waals surface area contributed by atoms with E-state index in [1.807, 2.05) is 0 Å². The van der Waals surface area contributed by atoms with E-state index in [1.165, 1.54) is 0 Å². The Hall–Kier alpha value is 0.210. The Kier molecular flexibility index (Phi) is 5.15. The first-order chi connectivity index (χ1) is 3.93. The molecule has 1 aliphatic heterocycles. The van der Waals surface area contributed by atoms with Crippen LogP contribution in [-0.2, 0) is 9.47 Å². The van der Waals surface area contributed by atoms with Crippen molar-refractivity contribution in [1.29, 1.82) is 0 Å². The molecule has 1 heterocycles. The van der Waals surface area contributed by atoms with Crippen LogP contribution in [0.4, 0.5) is 0 Å². The van der Waals surface area contributed by atoms with Crippen LogP contribution in [0.15, 0.2) is 0 Å². The van der Waals surface area contributed by atoms with Crippen LogP contribution >= 0.6 is 12.4 Å². The minimum atomic E-state index is 0. The third kappa shape index (κ3) is 3.04. The van der Waals surface area contributed by atoms with E-state index < -0.39 is 0 Å². The molecule has 0 aliphatic carbocycles. The number of rotatable bonds is 1. The Labute approximate surface area is 61.9 Å². The summed E-state index contributed by atoms with van der Waals surface area (Å²) in [6.45, 7) is 1.75. The van der Waals surface area contributed by atoms with Crippen LogP contribution in [0.1, 0.15) is 12.8 Å². The Morgan fingerprint density at radius 1 is 1.33 bits per heavy atom. The van der Waals surface area contributed by atoms with Crippen LogP contribution in [0.25, 0.3) is 0 Å². The summed E-state index contributed by atoms with van der Waals surface area (Å²) in [4.78, 5) is 0. The molecule has 0 bridgehead atoms. The zero-order valence-electron chi connectivity index (χ0n) is 5.63. The molecule has 0 aromatic carbocycles. The maximum absolute atomic E-state index is 5.12. The largest absolute Gasteiger partial charge is 0.381 e. The van der Waals surface area contributed by atoms with E-state index in [0.717, 1.165) is 26.1 Å². The van der Waals surface area contributed by atoms with Gasteiger partial charge in [0, 0.05) is 20.3 Å². The molecule has 0 N–H and O–H groups in total. The summed E-state index contributed by atoms with van der Waals surface area (Å²) >= 11 is 0. The van der Waals surface area contributed by atoms with Crippen molar-refractivity contribution < 1.29 is 9.47 Å². The van der Waals surface area contributed by atoms with E-state index in [4.69, 9.17) is 9.47 Å². The van der Waals surface area contributed by atoms with Gasteiger partial charge in [-0.25, -0.2) is 0 Å². The number of hydrogen-bond donors (Lipinski definition) is 0. The molecule has 0 radical (unpaired) electrons. The standard InChI is InChI=1S/C6H12O2.ClH/c1-7-6-2-4-8-5-3-6;/h6H,2-5H2,1H3;1H. The number of methoxy groups -OCH3 is 1. The smallest absolute Gasteiger partial charge is 0.0615 e. The molecule has 2 nitrogen and oxygen atoms in total. The SMILES string of the molecule is COC1CCOCC1.Cl. The van der Waals surface area contributed by atoms with Crippen molar-refractivity contribution in [3.05, 3.63) is 0 Å². The summed E-state index contributed by atoms with van der Waals surface area (Å²) < 4.78 is 10.2. The monoisotopic (exact) mass is 152 g/mol. The summed E-state index contributed by atoms with van der Waals surface area (Å²) in [7, 11) is 1.76. The average Bonchev–Trinajstić information content (AvgIpc) is 1.90. The van der Waals surface area contributed by atoms with Gasteiger partial charge in [0.25, 0.3) is 0 Å². The van der Waals surface area contributed by atoms with Gasteiger partial charge in [0.05, 0.1) is 6.10 Å². The van der Waals surface area contributed by atoms with Gasteiger partial charge in [-0.3, -0.25) is 0 Å². The van der Waals surface area contributed by atoms with Gasteiger partial charge in [-0.05, 0) is 12.8 Å². The first kappa shape index (κ1) is 9.21. The van der Waals surface area contributed by atoms with Crippen LogP contribution in [0, 0.1) is 0 Å². The molecule has 3 heteroatoms. The average molecular weight is 153 g/mol. The topological polar surface area (TPSA) is 18.5 Å². The zero-order valence-corrected chi connectivity index (χ0v) is 6.45. The van der Waals surface area contributed by atoms with Gasteiger partial charge < -0.3 is 9.47 Å². The summed E-state index contributed by atoms with van der Waals surface area (Å²) in [5.41, 5.74) is 0. The maximum Gasteiger partial charge on any atom is 0.0615 e. The van der Waals surface area contributed by atoms with Gasteiger partial charge >= 0.3 is 0 Å². The summed E-state index contributed by atoms with van der Waals surface area (Å²) in [6.07, 6.45) is 2.59. The minimum Gasteiger partial charge on any atom is -0.381 e. The Morgan fingerprint density at radius 2 is 1.89 bits per heavy atom. The second kappa shape index (κ2) is 5.03. The molecule has 1 aliphatic rings. The normalized spacial score (nSPS) is 21.0. The van der Waals surface area contributed by atoms with Gasteiger partial charge in [0.1, 0.15) is 0 Å². The second-order valence-corrected chi connectivity index (χ2v) is 2.05. The molecule has 0 aromatic rings. The lowest BCUT2D eigenvalue weighted by Crippen LogP contribution is -2.21. The van der Waals surface area contributed by atoms with Gasteiger partial charge in [0.2, 0.25) is 0 Å². The predicted molar refractivity (Wildman–Crippen MR) is 38.1 cm³/mol. The highest BCUT2D eigenvalue weighted by Crippen LogP contribution is 2.08. The van der Waals surface area contributed by atoms with Gasteiger partial charge in [-0.1, -0.05) is 0 Å². The fraction of sp³-hybridized carbons (Fsp3) is 1.00. The molecule has 0 unspecified atom stereocenters. The molecule has 1 rings (SSSR count). The molecule has 0 atom stereocenters. The van der Waals surface area contributed by atoms with Crippen LogP contribution in [0.3, 0.4) is 0 Å². The molecule has 56 valence electrons. The molecular weight excluding hydrogens is 140 g/mol. The fourth-order valence-electron chi connectivity index (χ4n) is 0.912. The number of hydrogen-bond acceptors (Lipinski definition) is 2. The Morgan fingerprint density at radius 3 is 2.22 bits per heavy atom. The molecule has 0 aromatic heterocycles. The molecule has 1 fully saturated rings. The lowest BCUT2D eigenvalue weighted by atomic mass is 10.2. The van der Waals surface area contributed by atoms with E-state index in [-0.39, 0.29) is 12.4 Å². The Bertz CT molecular complexity index is 62.1. The van der Waals surface area contributed by atoms with E-state index in [0.29, 0.717) is 6.10 Å². The van der Waals surface area contributed by atoms with Crippen molar-refractivity contribution in [2.75, 3.05) is 20.3 Å². The van der Waals surface area contributed by atoms with Crippen molar-refractivity contribution in [3.63, 3.8) is 0 Å². The zero-order chi connectivity index (χ0) is 5.82. The van der Waals surface area contributed by atoms with Gasteiger partial charge in [-0.15, -0.1) is 12.4 Å². The molecule has 0 amide bonds. The first-order valence-electron chi connectivity index (χ1n) is 3.04. The highest BCUT2D eigenvalue weighted by Gasteiger charge is 2.10. The quantitative estimate of drug-likeness (QED) is 0.563. The fourth-order valence-corrected chi connectivity index (χ4v) is 0.912. The third-order valence-electron chi connectivity index (χ3n) is 1.50. The van der Waals surface area contributed by atoms with E-state index >= 15 is 0 Å². The highest BCUT2D eigenvalue weighted by atomic mass is 35.5. The van der Waals surface area contributed by atoms with Crippen molar-refractivity contribution in [3.8, 4) is 0 Å². The first-order valence-corrected chi connectivity index (χ1v) is 3.04. The van der Waals surface area contributed by atoms with Crippen molar-refractivity contribution >= 4 is 12.4 Å². The van der Waals surface area contributed by atoms with Crippen molar-refractivity contribution in [2.24, 2.45) is 0 Å². The van der Waals surface area contributed by atoms with E-state index in [1.54, 1.807) is 7.11 Å².